The van der Waals surface area contributed by atoms with Gasteiger partial charge in [0.05, 0.1) is 5.69 Å². The summed E-state index contributed by atoms with van der Waals surface area (Å²) in [4.78, 5) is 15.0. The Hall–Kier alpha value is -2.10. The van der Waals surface area contributed by atoms with E-state index in [0.29, 0.717) is 5.92 Å². The van der Waals surface area contributed by atoms with Crippen molar-refractivity contribution in [3.63, 3.8) is 0 Å². The van der Waals surface area contributed by atoms with Crippen molar-refractivity contribution in [3.05, 3.63) is 35.9 Å². The predicted octanol–water partition coefficient (Wildman–Crippen LogP) is 4.90. The van der Waals surface area contributed by atoms with E-state index < -0.39 is 0 Å². The molecule has 3 aromatic rings. The quantitative estimate of drug-likeness (QED) is 0.295. The Morgan fingerprint density at radius 2 is 1.78 bits per heavy atom. The van der Waals surface area contributed by atoms with Crippen LogP contribution >= 0.6 is 24.2 Å². The van der Waals surface area contributed by atoms with E-state index >= 15 is 0 Å². The van der Waals surface area contributed by atoms with Crippen LogP contribution in [0.2, 0.25) is 0 Å². The van der Waals surface area contributed by atoms with Crippen molar-refractivity contribution in [1.82, 2.24) is 34.2 Å². The molecule has 0 spiro atoms. The average Bonchev–Trinajstić information content (AvgIpc) is 3.40. The van der Waals surface area contributed by atoms with Gasteiger partial charge in [-0.25, -0.2) is 9.97 Å². The summed E-state index contributed by atoms with van der Waals surface area (Å²) < 4.78 is 4.18. The fourth-order valence-corrected chi connectivity index (χ4v) is 5.71. The van der Waals surface area contributed by atoms with Gasteiger partial charge >= 0.3 is 0 Å². The highest BCUT2D eigenvalue weighted by Gasteiger charge is 2.27. The molecule has 0 atom stereocenters. The minimum absolute atomic E-state index is 0. The molecule has 2 aliphatic rings. The van der Waals surface area contributed by atoms with E-state index in [1.807, 2.05) is 19.3 Å². The highest BCUT2D eigenvalue weighted by molar-refractivity contribution is 7.99. The molecule has 1 saturated heterocycles. The molecule has 0 N–H and O–H groups in total. The lowest BCUT2D eigenvalue weighted by Gasteiger charge is -2.36. The second-order valence-corrected chi connectivity index (χ2v) is 12.3. The Kier molecular flexibility index (Phi) is 8.86. The molecule has 4 heterocycles. The first kappa shape index (κ1) is 27.9. The van der Waals surface area contributed by atoms with Crippen molar-refractivity contribution < 1.29 is 0 Å². The number of rotatable bonds is 8. The SMILES string of the molecule is Cl.Cn1cccc1-c1nnc(SCCCN2CCN(c3cc(C4CCC4)nc(C(C)(C)C)n3)CC2)n1C. The Morgan fingerprint density at radius 3 is 2.41 bits per heavy atom. The summed E-state index contributed by atoms with van der Waals surface area (Å²) in [6, 6.07) is 6.39. The van der Waals surface area contributed by atoms with Crippen molar-refractivity contribution >= 4 is 30.0 Å². The number of aryl methyl sites for hydroxylation is 1. The zero-order valence-corrected chi connectivity index (χ0v) is 24.5. The maximum atomic E-state index is 5.01. The molecule has 2 fully saturated rings. The van der Waals surface area contributed by atoms with Gasteiger partial charge < -0.3 is 14.0 Å². The number of anilines is 1. The molecule has 0 bridgehead atoms. The molecule has 3 aromatic heterocycles. The molecule has 0 aromatic carbocycles. The van der Waals surface area contributed by atoms with E-state index in [1.165, 1.54) is 25.0 Å². The van der Waals surface area contributed by atoms with Crippen LogP contribution in [0, 0.1) is 0 Å². The van der Waals surface area contributed by atoms with Crippen molar-refractivity contribution in [2.24, 2.45) is 14.1 Å². The van der Waals surface area contributed by atoms with Crippen molar-refractivity contribution in [2.45, 2.75) is 62.9 Å². The summed E-state index contributed by atoms with van der Waals surface area (Å²) in [5.41, 5.74) is 2.32. The van der Waals surface area contributed by atoms with Crippen LogP contribution in [0.1, 0.15) is 63.9 Å². The molecule has 1 aliphatic carbocycles. The zero-order valence-electron chi connectivity index (χ0n) is 22.9. The Bertz CT molecular complexity index is 1170. The van der Waals surface area contributed by atoms with Crippen LogP contribution < -0.4 is 4.90 Å². The lowest BCUT2D eigenvalue weighted by molar-refractivity contribution is 0.258. The van der Waals surface area contributed by atoms with E-state index in [4.69, 9.17) is 9.97 Å². The first-order chi connectivity index (χ1) is 17.3. The molecule has 0 amide bonds. The van der Waals surface area contributed by atoms with Gasteiger partial charge in [-0.3, -0.25) is 4.90 Å². The smallest absolute Gasteiger partial charge is 0.191 e. The summed E-state index contributed by atoms with van der Waals surface area (Å²) in [5, 5.41) is 9.82. The molecular weight excluding hydrogens is 504 g/mol. The standard InChI is InChI=1S/C27H40N8S.ClH/c1-27(2,3)25-28-21(20-9-6-10-20)19-23(29-25)35-16-14-34(15-17-35)13-8-18-36-26-31-30-24(33(26)5)22-11-7-12-32(22)4;/h7,11-12,19-20H,6,8-10,13-18H2,1-5H3;1H. The number of hydrogen-bond acceptors (Lipinski definition) is 7. The molecule has 1 saturated carbocycles. The summed E-state index contributed by atoms with van der Waals surface area (Å²) in [7, 11) is 4.09. The van der Waals surface area contributed by atoms with Crippen LogP contribution in [0.15, 0.2) is 29.6 Å². The van der Waals surface area contributed by atoms with Gasteiger partial charge in [0.2, 0.25) is 0 Å². The van der Waals surface area contributed by atoms with E-state index in [0.717, 1.165) is 73.2 Å². The van der Waals surface area contributed by atoms with Crippen LogP contribution in [0.3, 0.4) is 0 Å². The monoisotopic (exact) mass is 544 g/mol. The average molecular weight is 545 g/mol. The van der Waals surface area contributed by atoms with Crippen LogP contribution in [-0.4, -0.2) is 72.7 Å². The van der Waals surface area contributed by atoms with E-state index in [1.54, 1.807) is 11.8 Å². The predicted molar refractivity (Wildman–Crippen MR) is 154 cm³/mol. The second kappa shape index (κ2) is 11.7. The molecule has 5 rings (SSSR count). The summed E-state index contributed by atoms with van der Waals surface area (Å²) in [6.07, 6.45) is 7.06. The molecule has 10 heteroatoms. The first-order valence-electron chi connectivity index (χ1n) is 13.3. The molecule has 0 radical (unpaired) electrons. The Labute approximate surface area is 231 Å². The minimum Gasteiger partial charge on any atom is -0.354 e. The van der Waals surface area contributed by atoms with Gasteiger partial charge in [0.25, 0.3) is 0 Å². The third-order valence-electron chi connectivity index (χ3n) is 7.48. The van der Waals surface area contributed by atoms with Crippen LogP contribution in [0.25, 0.3) is 11.5 Å². The topological polar surface area (TPSA) is 67.9 Å². The van der Waals surface area contributed by atoms with Gasteiger partial charge in [-0.1, -0.05) is 39.0 Å². The van der Waals surface area contributed by atoms with Gasteiger partial charge in [-0.2, -0.15) is 0 Å². The van der Waals surface area contributed by atoms with E-state index in [9.17, 15) is 0 Å². The molecule has 8 nitrogen and oxygen atoms in total. The van der Waals surface area contributed by atoms with Crippen molar-refractivity contribution in [2.75, 3.05) is 43.4 Å². The third kappa shape index (κ3) is 6.32. The zero-order chi connectivity index (χ0) is 25.3. The molecule has 37 heavy (non-hydrogen) atoms. The maximum Gasteiger partial charge on any atom is 0.191 e. The van der Waals surface area contributed by atoms with Crippen LogP contribution in [-0.2, 0) is 19.5 Å². The van der Waals surface area contributed by atoms with Gasteiger partial charge in [-0.15, -0.1) is 22.6 Å². The number of hydrogen-bond donors (Lipinski definition) is 0. The van der Waals surface area contributed by atoms with Gasteiger partial charge in [0.15, 0.2) is 11.0 Å². The summed E-state index contributed by atoms with van der Waals surface area (Å²) in [6.45, 7) is 12.0. The summed E-state index contributed by atoms with van der Waals surface area (Å²) >= 11 is 1.80. The Morgan fingerprint density at radius 1 is 1.03 bits per heavy atom. The van der Waals surface area contributed by atoms with E-state index in [2.05, 4.69) is 69.1 Å². The molecule has 202 valence electrons. The normalized spacial score (nSPS) is 17.1. The fourth-order valence-electron chi connectivity index (χ4n) is 4.87. The fraction of sp³-hybridized carbons (Fsp3) is 0.630. The largest absolute Gasteiger partial charge is 0.354 e. The number of nitrogens with zero attached hydrogens (tertiary/aromatic N) is 8. The molecular formula is C27H41ClN8S. The van der Waals surface area contributed by atoms with Crippen LogP contribution in [0.5, 0.6) is 0 Å². The lowest BCUT2D eigenvalue weighted by atomic mass is 9.82. The molecule has 1 aliphatic heterocycles. The highest BCUT2D eigenvalue weighted by atomic mass is 35.5. The maximum absolute atomic E-state index is 5.01. The number of thioether (sulfide) groups is 1. The lowest BCUT2D eigenvalue weighted by Crippen LogP contribution is -2.47. The molecule has 0 unspecified atom stereocenters. The highest BCUT2D eigenvalue weighted by Crippen LogP contribution is 2.37. The van der Waals surface area contributed by atoms with E-state index in [-0.39, 0.29) is 17.8 Å². The third-order valence-corrected chi connectivity index (χ3v) is 8.59. The second-order valence-electron chi connectivity index (χ2n) is 11.3. The van der Waals surface area contributed by atoms with Crippen molar-refractivity contribution in [1.29, 1.82) is 0 Å². The van der Waals surface area contributed by atoms with Gasteiger partial charge in [0.1, 0.15) is 11.6 Å². The number of halogens is 1. The number of piperazine rings is 1. The van der Waals surface area contributed by atoms with Gasteiger partial charge in [-0.05, 0) is 37.9 Å². The summed E-state index contributed by atoms with van der Waals surface area (Å²) in [5.74, 6) is 4.71. The van der Waals surface area contributed by atoms with Crippen molar-refractivity contribution in [3.8, 4) is 11.5 Å². The first-order valence-corrected chi connectivity index (χ1v) is 14.3. The minimum atomic E-state index is -0.0294. The van der Waals surface area contributed by atoms with Crippen LogP contribution in [0.4, 0.5) is 5.82 Å². The Balaban J connectivity index is 0.00000320. The van der Waals surface area contributed by atoms with Gasteiger partial charge in [0, 0.05) is 75.3 Å². The number of aromatic nitrogens is 6.